The van der Waals surface area contributed by atoms with Crippen molar-refractivity contribution in [3.63, 3.8) is 0 Å². The number of fused-ring (bicyclic) bond motifs is 2. The molecule has 8 heteroatoms. The molecule has 2 aliphatic rings. The molecule has 3 N–H and O–H groups in total. The fourth-order valence-corrected chi connectivity index (χ4v) is 4.71. The van der Waals surface area contributed by atoms with Crippen molar-refractivity contribution in [3.8, 4) is 5.75 Å². The van der Waals surface area contributed by atoms with Crippen LogP contribution in [0.2, 0.25) is 0 Å². The molecule has 1 aromatic carbocycles. The van der Waals surface area contributed by atoms with Crippen LogP contribution in [0.15, 0.2) is 30.4 Å². The minimum Gasteiger partial charge on any atom is -0.490 e. The van der Waals surface area contributed by atoms with Gasteiger partial charge in [-0.25, -0.2) is 4.79 Å². The molecule has 3 rings (SSSR count). The zero-order valence-corrected chi connectivity index (χ0v) is 17.4. The second-order valence-electron chi connectivity index (χ2n) is 8.53. The first-order chi connectivity index (χ1) is 14.6. The Kier molecular flexibility index (Phi) is 7.31. The van der Waals surface area contributed by atoms with Gasteiger partial charge in [0, 0.05) is 18.3 Å². The topological polar surface area (TPSA) is 87.0 Å². The fraction of sp³-hybridized carbons (Fsp3) is 0.609. The van der Waals surface area contributed by atoms with E-state index in [4.69, 9.17) is 4.74 Å². The molecule has 0 amide bonds. The van der Waals surface area contributed by atoms with E-state index in [9.17, 15) is 33.3 Å². The molecule has 0 aromatic heterocycles. The predicted molar refractivity (Wildman–Crippen MR) is 108 cm³/mol. The van der Waals surface area contributed by atoms with Crippen LogP contribution in [0.4, 0.5) is 13.2 Å². The molecule has 0 spiro atoms. The number of aliphatic hydroxyl groups is 2. The van der Waals surface area contributed by atoms with Crippen molar-refractivity contribution in [3.05, 3.63) is 41.5 Å². The van der Waals surface area contributed by atoms with E-state index in [1.54, 1.807) is 13.0 Å². The molecule has 0 bridgehead atoms. The van der Waals surface area contributed by atoms with Gasteiger partial charge in [0.25, 0.3) is 0 Å². The highest BCUT2D eigenvalue weighted by Gasteiger charge is 2.45. The Balaban J connectivity index is 1.74. The number of carbonyl (C=O) groups is 1. The Morgan fingerprint density at radius 1 is 1.35 bits per heavy atom. The minimum absolute atomic E-state index is 0.112. The molecule has 0 radical (unpaired) electrons. The van der Waals surface area contributed by atoms with E-state index in [2.05, 4.69) is 0 Å². The number of alkyl halides is 3. The van der Waals surface area contributed by atoms with Gasteiger partial charge < -0.3 is 20.1 Å². The average Bonchev–Trinajstić information content (AvgIpc) is 2.86. The number of halogens is 3. The Hall–Kier alpha value is -2.06. The number of aromatic carboxylic acids is 1. The monoisotopic (exact) mass is 442 g/mol. The first-order valence-corrected chi connectivity index (χ1v) is 10.8. The highest BCUT2D eigenvalue weighted by Crippen LogP contribution is 2.43. The molecule has 31 heavy (non-hydrogen) atoms. The van der Waals surface area contributed by atoms with E-state index in [0.29, 0.717) is 37.9 Å². The molecule has 1 aliphatic carbocycles. The molecule has 1 heterocycles. The smallest absolute Gasteiger partial charge is 0.394 e. The highest BCUT2D eigenvalue weighted by molar-refractivity contribution is 5.88. The van der Waals surface area contributed by atoms with Gasteiger partial charge in [0.2, 0.25) is 0 Å². The maximum Gasteiger partial charge on any atom is 0.394 e. The molecular formula is C23H29F3O5. The number of rotatable bonds is 7. The second-order valence-corrected chi connectivity index (χ2v) is 8.53. The van der Waals surface area contributed by atoms with Crippen LogP contribution in [-0.4, -0.2) is 45.8 Å². The normalized spacial score (nSPS) is 27.8. The average molecular weight is 442 g/mol. The first-order valence-electron chi connectivity index (χ1n) is 10.8. The van der Waals surface area contributed by atoms with E-state index < -0.39 is 36.2 Å². The summed E-state index contributed by atoms with van der Waals surface area (Å²) in [6.07, 6.45) is -2.27. The number of aryl methyl sites for hydroxylation is 1. The van der Waals surface area contributed by atoms with Crippen molar-refractivity contribution in [2.24, 2.45) is 17.8 Å². The summed E-state index contributed by atoms with van der Waals surface area (Å²) in [4.78, 5) is 11.2. The van der Waals surface area contributed by atoms with Gasteiger partial charge in [-0.1, -0.05) is 38.0 Å². The summed E-state index contributed by atoms with van der Waals surface area (Å²) < 4.78 is 46.0. The number of benzene rings is 1. The van der Waals surface area contributed by atoms with E-state index in [0.717, 1.165) is 5.56 Å². The van der Waals surface area contributed by atoms with Crippen molar-refractivity contribution in [1.82, 2.24) is 0 Å². The third-order valence-electron chi connectivity index (χ3n) is 6.46. The number of carboxylic acid groups (broad SMARTS) is 1. The minimum atomic E-state index is -4.50. The lowest BCUT2D eigenvalue weighted by atomic mass is 9.87. The van der Waals surface area contributed by atoms with Crippen LogP contribution < -0.4 is 4.74 Å². The summed E-state index contributed by atoms with van der Waals surface area (Å²) in [5.74, 6) is -2.99. The van der Waals surface area contributed by atoms with Crippen molar-refractivity contribution >= 4 is 5.97 Å². The molecule has 1 unspecified atom stereocenters. The van der Waals surface area contributed by atoms with Gasteiger partial charge in [-0.3, -0.25) is 0 Å². The summed E-state index contributed by atoms with van der Waals surface area (Å²) in [7, 11) is 0. The van der Waals surface area contributed by atoms with Crippen molar-refractivity contribution in [2.75, 3.05) is 0 Å². The van der Waals surface area contributed by atoms with Gasteiger partial charge in [-0.2, -0.15) is 13.2 Å². The van der Waals surface area contributed by atoms with Crippen LogP contribution >= 0.6 is 0 Å². The number of hydrogen-bond donors (Lipinski definition) is 3. The molecule has 5 nitrogen and oxygen atoms in total. The van der Waals surface area contributed by atoms with Gasteiger partial charge in [0.05, 0.1) is 23.7 Å². The molecular weight excluding hydrogens is 413 g/mol. The number of hydrogen-bond acceptors (Lipinski definition) is 4. The van der Waals surface area contributed by atoms with Crippen LogP contribution in [0, 0.1) is 17.8 Å². The number of ether oxygens (including phenoxy) is 1. The van der Waals surface area contributed by atoms with Crippen LogP contribution in [-0.2, 0) is 6.42 Å². The summed E-state index contributed by atoms with van der Waals surface area (Å²) in [5.41, 5.74) is 0.981. The van der Waals surface area contributed by atoms with E-state index in [1.165, 1.54) is 24.3 Å². The lowest BCUT2D eigenvalue weighted by Gasteiger charge is -2.25. The highest BCUT2D eigenvalue weighted by atomic mass is 19.4. The lowest BCUT2D eigenvalue weighted by molar-refractivity contribution is -0.195. The molecule has 0 saturated heterocycles. The van der Waals surface area contributed by atoms with Crippen molar-refractivity contribution in [1.29, 1.82) is 0 Å². The summed E-state index contributed by atoms with van der Waals surface area (Å²) in [5, 5.41) is 29.9. The van der Waals surface area contributed by atoms with Crippen LogP contribution in [0.1, 0.15) is 54.9 Å². The summed E-state index contributed by atoms with van der Waals surface area (Å²) in [6, 6.07) is 4.70. The third kappa shape index (κ3) is 5.41. The number of carboxylic acids is 1. The van der Waals surface area contributed by atoms with Gasteiger partial charge in [-0.15, -0.1) is 0 Å². The first kappa shape index (κ1) is 23.6. The number of unbranched alkanes of at least 4 members (excludes halogenated alkanes) is 1. The van der Waals surface area contributed by atoms with Crippen LogP contribution in [0.5, 0.6) is 5.75 Å². The van der Waals surface area contributed by atoms with Gasteiger partial charge in [-0.05, 0) is 37.0 Å². The molecule has 1 aromatic rings. The van der Waals surface area contributed by atoms with Crippen molar-refractivity contribution < 1.29 is 38.0 Å². The molecule has 1 fully saturated rings. The zero-order valence-electron chi connectivity index (χ0n) is 17.4. The Bertz CT molecular complexity index is 807. The van der Waals surface area contributed by atoms with Crippen LogP contribution in [0.25, 0.3) is 0 Å². The lowest BCUT2D eigenvalue weighted by Crippen LogP contribution is -2.33. The van der Waals surface area contributed by atoms with Gasteiger partial charge in [0.1, 0.15) is 11.9 Å². The number of aliphatic hydroxyl groups excluding tert-OH is 2. The molecule has 1 saturated carbocycles. The van der Waals surface area contributed by atoms with E-state index in [-0.39, 0.29) is 24.0 Å². The SMILES string of the molecule is CCCC[C@H](C(O)/C=C/[C@@H]1[C@H]2CCc3ccc(C(=O)O)cc3O[C@H]2C[C@H]1O)C(F)(F)F. The predicted octanol–water partition coefficient (Wildman–Crippen LogP) is 4.36. The standard InChI is InChI=1S/C23H29F3O5/c1-2-3-4-17(23(24,25)26)18(27)10-9-15-16-8-7-13-5-6-14(22(29)30)11-20(13)31-21(16)12-19(15)28/h5-6,9-11,15-19,21,27-28H,2-4,7-8,12H2,1H3,(H,29,30)/b10-9+/t15-,16-,17-,18?,19-,21+/m1/s1. The Morgan fingerprint density at radius 2 is 2.10 bits per heavy atom. The molecule has 1 aliphatic heterocycles. The summed E-state index contributed by atoms with van der Waals surface area (Å²) in [6.45, 7) is 1.80. The van der Waals surface area contributed by atoms with Crippen LogP contribution in [0.3, 0.4) is 0 Å². The Labute approximate surface area is 179 Å². The quantitative estimate of drug-likeness (QED) is 0.546. The maximum atomic E-state index is 13.3. The van der Waals surface area contributed by atoms with Crippen molar-refractivity contribution in [2.45, 2.75) is 69.9 Å². The Morgan fingerprint density at radius 3 is 2.74 bits per heavy atom. The third-order valence-corrected chi connectivity index (χ3v) is 6.46. The largest absolute Gasteiger partial charge is 0.490 e. The van der Waals surface area contributed by atoms with Gasteiger partial charge in [0.15, 0.2) is 0 Å². The zero-order chi connectivity index (χ0) is 22.8. The second kappa shape index (κ2) is 9.61. The fourth-order valence-electron chi connectivity index (χ4n) is 4.71. The van der Waals surface area contributed by atoms with E-state index >= 15 is 0 Å². The van der Waals surface area contributed by atoms with E-state index in [1.807, 2.05) is 0 Å². The molecule has 6 atom stereocenters. The summed E-state index contributed by atoms with van der Waals surface area (Å²) >= 11 is 0. The maximum absolute atomic E-state index is 13.3. The molecule has 172 valence electrons. The van der Waals surface area contributed by atoms with Gasteiger partial charge >= 0.3 is 12.1 Å².